The van der Waals surface area contributed by atoms with Gasteiger partial charge >= 0.3 is 33.4 Å². The number of phosphoric ester groups is 2. The Labute approximate surface area is 392 Å². The lowest BCUT2D eigenvalue weighted by Gasteiger charge is -2.29. The molecular weight excluding hydrogens is 987 g/mol. The number of rotatable bonds is 19. The number of hydrogen-bond acceptors (Lipinski definition) is 23. The summed E-state index contributed by atoms with van der Waals surface area (Å²) in [5, 5.41) is 26.5. The third-order valence-corrected chi connectivity index (χ3v) is 14.5. The maximum absolute atomic E-state index is 14.3. The average molecular weight is 1030 g/mol. The normalized spacial score (nSPS) is 24.2. The largest absolute Gasteiger partial charge is 0.472 e. The molecule has 0 spiro atoms. The van der Waals surface area contributed by atoms with Gasteiger partial charge in [0.25, 0.3) is 0 Å². The number of likely N-dealkylation sites (N-methyl/N-ethyl adjacent to an activating group) is 1. The number of nitrogen functional groups attached to an aromatic ring is 2. The van der Waals surface area contributed by atoms with E-state index in [4.69, 9.17) is 45.0 Å². The molecule has 9 N–H and O–H groups in total. The van der Waals surface area contributed by atoms with Crippen molar-refractivity contribution in [1.82, 2.24) is 34.0 Å². The highest BCUT2D eigenvalue weighted by Gasteiger charge is 2.52. The lowest BCUT2D eigenvalue weighted by Crippen LogP contribution is -2.48. The number of carbonyl (C=O) groups is 2. The molecule has 0 aliphatic carbocycles. The molecular formula is C35H46N12O17P2S2. The van der Waals surface area contributed by atoms with Crippen LogP contribution in [0, 0.1) is 0 Å². The van der Waals surface area contributed by atoms with Gasteiger partial charge in [0, 0.05) is 34.3 Å². The van der Waals surface area contributed by atoms with E-state index in [1.807, 2.05) is 20.8 Å². The first-order valence-electron chi connectivity index (χ1n) is 19.8. The second-order valence-electron chi connectivity index (χ2n) is 15.8. The van der Waals surface area contributed by atoms with Crippen molar-refractivity contribution in [2.45, 2.75) is 87.2 Å². The number of esters is 1. The molecule has 4 aromatic rings. The molecule has 2 aliphatic rings. The Hall–Kier alpha value is -4.94. The summed E-state index contributed by atoms with van der Waals surface area (Å²) in [7, 11) is -6.75. The number of azide groups is 1. The molecule has 1 amide bonds. The first kappa shape index (κ1) is 52.4. The zero-order valence-corrected chi connectivity index (χ0v) is 39.5. The number of ether oxygens (including phenoxy) is 4. The summed E-state index contributed by atoms with van der Waals surface area (Å²) in [5.41, 5.74) is 20.2. The van der Waals surface area contributed by atoms with Crippen LogP contribution in [-0.2, 0) is 53.1 Å². The van der Waals surface area contributed by atoms with E-state index in [0.717, 1.165) is 22.0 Å². The van der Waals surface area contributed by atoms with Crippen molar-refractivity contribution in [1.29, 1.82) is 0 Å². The summed E-state index contributed by atoms with van der Waals surface area (Å²) in [6.07, 6.45) is -11.7. The molecule has 33 heteroatoms. The second-order valence-corrected chi connectivity index (χ2v) is 21.6. The predicted molar refractivity (Wildman–Crippen MR) is 238 cm³/mol. The maximum atomic E-state index is 14.3. The predicted octanol–water partition coefficient (Wildman–Crippen LogP) is 2.05. The van der Waals surface area contributed by atoms with Gasteiger partial charge in [0.05, 0.1) is 19.5 Å². The summed E-state index contributed by atoms with van der Waals surface area (Å²) in [5.74, 6) is -1.37. The number of nitrogens with two attached hydrogens (primary N) is 2. The van der Waals surface area contributed by atoms with E-state index in [0.29, 0.717) is 11.3 Å². The van der Waals surface area contributed by atoms with Crippen LogP contribution in [0.25, 0.3) is 21.6 Å². The number of aliphatic hydroxyl groups is 2. The third-order valence-electron chi connectivity index (χ3n) is 9.74. The molecule has 6 rings (SSSR count). The quantitative estimate of drug-likeness (QED) is 0.0176. The van der Waals surface area contributed by atoms with Gasteiger partial charge in [-0.1, -0.05) is 71.7 Å². The first-order chi connectivity index (χ1) is 31.9. The molecule has 1 aromatic carbocycles. The summed E-state index contributed by atoms with van der Waals surface area (Å²) in [4.78, 5) is 89.6. The van der Waals surface area contributed by atoms with E-state index in [1.165, 1.54) is 57.7 Å². The Kier molecular flexibility index (Phi) is 16.8. The number of anilines is 2. The van der Waals surface area contributed by atoms with Crippen LogP contribution < -0.4 is 17.2 Å². The summed E-state index contributed by atoms with van der Waals surface area (Å²) < 4.78 is 65.1. The number of hydrogen-bond donors (Lipinski definition) is 7. The van der Waals surface area contributed by atoms with Crippen LogP contribution in [0.2, 0.25) is 0 Å². The van der Waals surface area contributed by atoms with Crippen LogP contribution in [-0.4, -0.2) is 144 Å². The van der Waals surface area contributed by atoms with Crippen LogP contribution in [0.4, 0.5) is 22.1 Å². The fourth-order valence-corrected chi connectivity index (χ4v) is 10.4. The van der Waals surface area contributed by atoms with E-state index >= 15 is 0 Å². The number of carbonyl (C=O) groups excluding carboxylic acids is 2. The van der Waals surface area contributed by atoms with Crippen LogP contribution in [0.15, 0.2) is 59.1 Å². The van der Waals surface area contributed by atoms with Crippen LogP contribution in [0.5, 0.6) is 0 Å². The van der Waals surface area contributed by atoms with Crippen molar-refractivity contribution in [3.8, 4) is 0 Å². The lowest BCUT2D eigenvalue weighted by molar-refractivity contribution is -0.161. The number of aromatic nitrogens is 6. The fraction of sp³-hybridized carbons (Fsp3) is 0.514. The number of nitrogens with zero attached hydrogens (tertiary/aromatic N) is 10. The number of fused-ring (bicyclic) bond motifs is 1. The van der Waals surface area contributed by atoms with Gasteiger partial charge in [-0.15, -0.1) is 0 Å². The van der Waals surface area contributed by atoms with Gasteiger partial charge in [0.2, 0.25) is 0 Å². The number of aliphatic hydroxyl groups excluding tert-OH is 2. The highest BCUT2D eigenvalue weighted by atomic mass is 33.1. The molecule has 2 unspecified atom stereocenters. The summed E-state index contributed by atoms with van der Waals surface area (Å²) in [6.45, 7) is 3.50. The number of amides is 1. The molecule has 29 nitrogen and oxygen atoms in total. The molecule has 0 saturated carbocycles. The molecule has 370 valence electrons. The Morgan fingerprint density at radius 2 is 1.63 bits per heavy atom. The fourth-order valence-electron chi connectivity index (χ4n) is 6.55. The van der Waals surface area contributed by atoms with Crippen molar-refractivity contribution in [2.24, 2.45) is 5.11 Å². The molecule has 5 heterocycles. The van der Waals surface area contributed by atoms with Gasteiger partial charge in [-0.25, -0.2) is 38.5 Å². The van der Waals surface area contributed by atoms with Crippen LogP contribution in [0.1, 0.15) is 38.8 Å². The Morgan fingerprint density at radius 1 is 0.985 bits per heavy atom. The maximum Gasteiger partial charge on any atom is 0.472 e. The minimum atomic E-state index is -5.46. The highest BCUT2D eigenvalue weighted by molar-refractivity contribution is 8.77. The Balaban J connectivity index is 1.24. The summed E-state index contributed by atoms with van der Waals surface area (Å²) in [6, 6.07) is 5.95. The van der Waals surface area contributed by atoms with Crippen molar-refractivity contribution < 1.29 is 76.1 Å². The first-order valence-corrected chi connectivity index (χ1v) is 25.1. The van der Waals surface area contributed by atoms with Gasteiger partial charge in [-0.05, 0) is 17.2 Å². The Bertz CT molecular complexity index is 2650. The van der Waals surface area contributed by atoms with Crippen LogP contribution >= 0.6 is 37.2 Å². The van der Waals surface area contributed by atoms with E-state index in [2.05, 4.69) is 34.5 Å². The zero-order valence-electron chi connectivity index (χ0n) is 36.1. The summed E-state index contributed by atoms with van der Waals surface area (Å²) >= 11 is 0. The molecule has 3 aromatic heterocycles. The standard InChI is InChI=1S/C35H46N12O17P2S2/c1-35(2,3)68-67-14-19(45(4)34(52)58-11-17-5-7-18(8-6-17)43-44-38)32(50)63-26-20(61-31(24(26)48)47-16-41-23-28(37)39-15-40-29(23)47)13-60-66(56,57)64-27-21(12-59-65(53,54)55)62-30(25(27)49)46-10-9-22(36)42-33(46)51/h5-10,15-16,19-21,24-27,30-31,48-49H,11-14H2,1-4H3,(H,56,57)(H2,36,42,51)(H2,37,39,40)(H2,53,54,55)/t19?,20-,21+,24+,25+,26+,27+,30+,31+/m0/s1. The smallest absolute Gasteiger partial charge is 0.455 e. The molecule has 2 aliphatic heterocycles. The van der Waals surface area contributed by atoms with Crippen LogP contribution in [0.3, 0.4) is 0 Å². The van der Waals surface area contributed by atoms with Gasteiger partial charge in [0.1, 0.15) is 60.8 Å². The van der Waals surface area contributed by atoms with E-state index in [9.17, 15) is 48.4 Å². The van der Waals surface area contributed by atoms with Gasteiger partial charge in [-0.2, -0.15) is 4.98 Å². The van der Waals surface area contributed by atoms with Crippen molar-refractivity contribution in [3.63, 3.8) is 0 Å². The van der Waals surface area contributed by atoms with E-state index in [-0.39, 0.29) is 39.9 Å². The van der Waals surface area contributed by atoms with E-state index < -0.39 is 102 Å². The SMILES string of the molecule is CN(C(=O)OCc1ccc(N=[N+]=[N-])cc1)C(CSSC(C)(C)C)C(=O)O[C@H]1[C@@H](O)[C@H](n2cnc3c(N)ncnc32)O[C@H]1COP(=O)(O)O[C@H]1[C@@H](O)[C@H](n2ccc(N)nc2=O)O[C@@H]1COP(=O)(O)O. The molecule has 10 atom stereocenters. The van der Waals surface area contributed by atoms with E-state index in [1.54, 1.807) is 12.1 Å². The van der Waals surface area contributed by atoms with Crippen molar-refractivity contribution >= 4 is 77.8 Å². The number of phosphoric acid groups is 2. The average Bonchev–Trinajstić information content (AvgIpc) is 3.92. The molecule has 0 bridgehead atoms. The van der Waals surface area contributed by atoms with Gasteiger partial charge in [-0.3, -0.25) is 27.6 Å². The molecule has 0 radical (unpaired) electrons. The van der Waals surface area contributed by atoms with Gasteiger partial charge in [0.15, 0.2) is 30.0 Å². The minimum absolute atomic E-state index is 0.0293. The number of benzene rings is 1. The minimum Gasteiger partial charge on any atom is -0.455 e. The second kappa shape index (κ2) is 21.8. The molecule has 2 saturated heterocycles. The third kappa shape index (κ3) is 13.2. The van der Waals surface area contributed by atoms with Crippen molar-refractivity contribution in [3.05, 3.63) is 75.7 Å². The zero-order chi connectivity index (χ0) is 49.7. The topological polar surface area (TPSA) is 417 Å². The van der Waals surface area contributed by atoms with Crippen molar-refractivity contribution in [2.75, 3.05) is 37.5 Å². The van der Waals surface area contributed by atoms with Gasteiger partial charge < -0.3 is 55.3 Å². The highest BCUT2D eigenvalue weighted by Crippen LogP contribution is 2.50. The lowest BCUT2D eigenvalue weighted by atomic mass is 10.1. The monoisotopic (exact) mass is 1030 g/mol. The molecule has 2 fully saturated rings. The Morgan fingerprint density at radius 3 is 2.28 bits per heavy atom. The number of imidazole rings is 1. The molecule has 68 heavy (non-hydrogen) atoms.